The summed E-state index contributed by atoms with van der Waals surface area (Å²) in [5, 5.41) is 2.81. The van der Waals surface area contributed by atoms with Crippen LogP contribution in [0, 0.1) is 0 Å². The van der Waals surface area contributed by atoms with Crippen molar-refractivity contribution in [3.05, 3.63) is 65.7 Å². The third-order valence-electron chi connectivity index (χ3n) is 4.75. The van der Waals surface area contributed by atoms with Crippen molar-refractivity contribution in [2.24, 2.45) is 0 Å². The average molecular weight is 381 g/mol. The molecule has 0 saturated carbocycles. The maximum absolute atomic E-state index is 12.7. The van der Waals surface area contributed by atoms with Gasteiger partial charge in [-0.3, -0.25) is 14.5 Å². The van der Waals surface area contributed by atoms with E-state index in [1.165, 1.54) is 0 Å². The third-order valence-corrected chi connectivity index (χ3v) is 4.75. The smallest absolute Gasteiger partial charge is 0.253 e. The van der Waals surface area contributed by atoms with Crippen LogP contribution in [0.5, 0.6) is 5.75 Å². The van der Waals surface area contributed by atoms with Gasteiger partial charge in [-0.05, 0) is 36.8 Å². The second-order valence-corrected chi connectivity index (χ2v) is 6.82. The first-order valence-electron chi connectivity index (χ1n) is 9.71. The summed E-state index contributed by atoms with van der Waals surface area (Å²) in [4.78, 5) is 28.3. The quantitative estimate of drug-likeness (QED) is 0.798. The topological polar surface area (TPSA) is 61.9 Å². The summed E-state index contributed by atoms with van der Waals surface area (Å²) in [5.41, 5.74) is 1.70. The molecule has 0 aliphatic carbocycles. The monoisotopic (exact) mass is 381 g/mol. The number of rotatable bonds is 7. The molecule has 2 aromatic rings. The molecule has 6 nitrogen and oxygen atoms in total. The van der Waals surface area contributed by atoms with Crippen LogP contribution in [0.25, 0.3) is 0 Å². The Morgan fingerprint density at radius 3 is 2.29 bits per heavy atom. The minimum atomic E-state index is 0.0354. The molecule has 0 aromatic heterocycles. The number of ether oxygens (including phenoxy) is 1. The van der Waals surface area contributed by atoms with Crippen LogP contribution in [0.1, 0.15) is 22.8 Å². The van der Waals surface area contributed by atoms with E-state index >= 15 is 0 Å². The van der Waals surface area contributed by atoms with Crippen molar-refractivity contribution >= 4 is 11.8 Å². The van der Waals surface area contributed by atoms with Gasteiger partial charge in [0.15, 0.2) is 0 Å². The molecule has 148 valence electrons. The lowest BCUT2D eigenvalue weighted by Gasteiger charge is -2.34. The van der Waals surface area contributed by atoms with Gasteiger partial charge in [-0.2, -0.15) is 0 Å². The number of nitrogens with one attached hydrogen (secondary N) is 1. The van der Waals surface area contributed by atoms with E-state index in [9.17, 15) is 9.59 Å². The van der Waals surface area contributed by atoms with Gasteiger partial charge in [0.2, 0.25) is 5.91 Å². The summed E-state index contributed by atoms with van der Waals surface area (Å²) in [5.74, 6) is 0.900. The average Bonchev–Trinajstić information content (AvgIpc) is 2.73. The molecule has 1 fully saturated rings. The number of hydrogen-bond acceptors (Lipinski definition) is 4. The van der Waals surface area contributed by atoms with Crippen LogP contribution in [0.4, 0.5) is 0 Å². The van der Waals surface area contributed by atoms with Crippen LogP contribution in [0.15, 0.2) is 54.6 Å². The van der Waals surface area contributed by atoms with Crippen molar-refractivity contribution in [3.8, 4) is 5.75 Å². The molecule has 0 atom stereocenters. The zero-order chi connectivity index (χ0) is 19.8. The number of benzene rings is 2. The van der Waals surface area contributed by atoms with Gasteiger partial charge in [0.25, 0.3) is 5.91 Å². The molecule has 0 spiro atoms. The molecular weight excluding hydrogens is 354 g/mol. The van der Waals surface area contributed by atoms with E-state index in [4.69, 9.17) is 4.74 Å². The minimum Gasteiger partial charge on any atom is -0.489 e. The van der Waals surface area contributed by atoms with Crippen molar-refractivity contribution in [1.29, 1.82) is 0 Å². The van der Waals surface area contributed by atoms with E-state index in [1.807, 2.05) is 66.4 Å². The standard InChI is InChI=1S/C22H27N3O3/c1-2-23-21(26)16-24-12-14-25(15-13-24)22(27)19-10-8-18(9-11-19)17-28-20-6-4-3-5-7-20/h3-11H,2,12-17H2,1H3,(H,23,26). The number of piperazine rings is 1. The molecular formula is C22H27N3O3. The van der Waals surface area contributed by atoms with Crippen molar-refractivity contribution in [1.82, 2.24) is 15.1 Å². The van der Waals surface area contributed by atoms with Gasteiger partial charge in [-0.1, -0.05) is 30.3 Å². The molecule has 2 aromatic carbocycles. The van der Waals surface area contributed by atoms with Crippen LogP contribution < -0.4 is 10.1 Å². The molecule has 1 aliphatic rings. The van der Waals surface area contributed by atoms with Crippen molar-refractivity contribution in [2.75, 3.05) is 39.3 Å². The van der Waals surface area contributed by atoms with Gasteiger partial charge >= 0.3 is 0 Å². The summed E-state index contributed by atoms with van der Waals surface area (Å²) >= 11 is 0. The molecule has 0 unspecified atom stereocenters. The summed E-state index contributed by atoms with van der Waals surface area (Å²) in [7, 11) is 0. The van der Waals surface area contributed by atoms with Gasteiger partial charge in [0.05, 0.1) is 6.54 Å². The lowest BCUT2D eigenvalue weighted by atomic mass is 10.1. The molecule has 1 N–H and O–H groups in total. The highest BCUT2D eigenvalue weighted by molar-refractivity contribution is 5.94. The maximum atomic E-state index is 12.7. The molecule has 1 aliphatic heterocycles. The second-order valence-electron chi connectivity index (χ2n) is 6.82. The van der Waals surface area contributed by atoms with Crippen LogP contribution in [0.2, 0.25) is 0 Å². The van der Waals surface area contributed by atoms with E-state index in [1.54, 1.807) is 0 Å². The van der Waals surface area contributed by atoms with E-state index in [-0.39, 0.29) is 11.8 Å². The predicted octanol–water partition coefficient (Wildman–Crippen LogP) is 2.16. The van der Waals surface area contributed by atoms with Crippen molar-refractivity contribution in [2.45, 2.75) is 13.5 Å². The Kier molecular flexibility index (Phi) is 7.03. The fourth-order valence-electron chi connectivity index (χ4n) is 3.17. The summed E-state index contributed by atoms with van der Waals surface area (Å²) in [6, 6.07) is 17.2. The zero-order valence-corrected chi connectivity index (χ0v) is 16.3. The van der Waals surface area contributed by atoms with Gasteiger partial charge < -0.3 is 15.0 Å². The Labute approximate surface area is 166 Å². The summed E-state index contributed by atoms with van der Waals surface area (Å²) < 4.78 is 5.74. The zero-order valence-electron chi connectivity index (χ0n) is 16.3. The van der Waals surface area contributed by atoms with Crippen LogP contribution >= 0.6 is 0 Å². The number of amides is 2. The fraction of sp³-hybridized carbons (Fsp3) is 0.364. The molecule has 1 saturated heterocycles. The second kappa shape index (κ2) is 9.90. The number of carbonyl (C=O) groups is 2. The van der Waals surface area contributed by atoms with Crippen LogP contribution in [0.3, 0.4) is 0 Å². The van der Waals surface area contributed by atoms with E-state index in [0.717, 1.165) is 11.3 Å². The van der Waals surface area contributed by atoms with E-state index < -0.39 is 0 Å². The highest BCUT2D eigenvalue weighted by atomic mass is 16.5. The maximum Gasteiger partial charge on any atom is 0.253 e. The Hall–Kier alpha value is -2.86. The van der Waals surface area contributed by atoms with Crippen molar-refractivity contribution < 1.29 is 14.3 Å². The highest BCUT2D eigenvalue weighted by Crippen LogP contribution is 2.14. The molecule has 1 heterocycles. The number of likely N-dealkylation sites (N-methyl/N-ethyl adjacent to an activating group) is 1. The first kappa shape index (κ1) is 19.9. The molecule has 3 rings (SSSR count). The predicted molar refractivity (Wildman–Crippen MR) is 108 cm³/mol. The van der Waals surface area contributed by atoms with Crippen LogP contribution in [-0.2, 0) is 11.4 Å². The molecule has 0 bridgehead atoms. The third kappa shape index (κ3) is 5.57. The number of hydrogen-bond donors (Lipinski definition) is 1. The molecule has 6 heteroatoms. The normalized spacial score (nSPS) is 14.5. The first-order chi connectivity index (χ1) is 13.7. The lowest BCUT2D eigenvalue weighted by molar-refractivity contribution is -0.122. The van der Waals surface area contributed by atoms with Crippen molar-refractivity contribution in [3.63, 3.8) is 0 Å². The van der Waals surface area contributed by atoms with Gasteiger partial charge in [0.1, 0.15) is 12.4 Å². The fourth-order valence-corrected chi connectivity index (χ4v) is 3.17. The lowest BCUT2D eigenvalue weighted by Crippen LogP contribution is -2.51. The Morgan fingerprint density at radius 1 is 0.964 bits per heavy atom. The molecule has 28 heavy (non-hydrogen) atoms. The number of para-hydroxylation sites is 1. The minimum absolute atomic E-state index is 0.0354. The Balaban J connectivity index is 1.47. The number of carbonyl (C=O) groups excluding carboxylic acids is 2. The van der Waals surface area contributed by atoms with E-state index in [0.29, 0.717) is 51.4 Å². The Morgan fingerprint density at radius 2 is 1.64 bits per heavy atom. The summed E-state index contributed by atoms with van der Waals surface area (Å²) in [6.07, 6.45) is 0. The highest BCUT2D eigenvalue weighted by Gasteiger charge is 2.23. The summed E-state index contributed by atoms with van der Waals surface area (Å²) in [6.45, 7) is 6.12. The van der Waals surface area contributed by atoms with Gasteiger partial charge in [0, 0.05) is 38.3 Å². The van der Waals surface area contributed by atoms with Crippen LogP contribution in [-0.4, -0.2) is 60.9 Å². The molecule has 2 amide bonds. The van der Waals surface area contributed by atoms with Gasteiger partial charge in [-0.25, -0.2) is 0 Å². The molecule has 0 radical (unpaired) electrons. The first-order valence-corrected chi connectivity index (χ1v) is 9.71. The largest absolute Gasteiger partial charge is 0.489 e. The van der Waals surface area contributed by atoms with Gasteiger partial charge in [-0.15, -0.1) is 0 Å². The SMILES string of the molecule is CCNC(=O)CN1CCN(C(=O)c2ccc(COc3ccccc3)cc2)CC1. The van der Waals surface area contributed by atoms with E-state index in [2.05, 4.69) is 10.2 Å². The Bertz CT molecular complexity index is 769. The number of nitrogens with zero attached hydrogens (tertiary/aromatic N) is 2.